The van der Waals surface area contributed by atoms with E-state index in [0.717, 1.165) is 26.6 Å². The van der Waals surface area contributed by atoms with Gasteiger partial charge in [-0.05, 0) is 19.4 Å². The van der Waals surface area contributed by atoms with Gasteiger partial charge in [-0.15, -0.1) is 0 Å². The first-order chi connectivity index (χ1) is 10.0. The Morgan fingerprint density at radius 1 is 0.857 bits per heavy atom. The molecule has 0 radical (unpaired) electrons. The second-order valence-electron chi connectivity index (χ2n) is 6.14. The normalized spacial score (nSPS) is 21.3. The molecule has 118 valence electrons. The molecule has 1 aromatic rings. The van der Waals surface area contributed by atoms with Crippen LogP contribution in [-0.2, 0) is 6.54 Å². The van der Waals surface area contributed by atoms with Crippen LogP contribution < -0.4 is 0 Å². The molecule has 0 aromatic heterocycles. The first kappa shape index (κ1) is 16.4. The maximum atomic E-state index is 9.62. The summed E-state index contributed by atoms with van der Waals surface area (Å²) < 4.78 is 0. The topological polar surface area (TPSA) is 50.2 Å². The molecule has 5 nitrogen and oxygen atoms in total. The highest BCUT2D eigenvalue weighted by molar-refractivity contribution is 5.14. The fraction of sp³-hybridized carbons (Fsp3) is 0.625. The fourth-order valence-corrected chi connectivity index (χ4v) is 2.90. The van der Waals surface area contributed by atoms with Crippen molar-refractivity contribution in [3.05, 3.63) is 35.9 Å². The molecule has 2 unspecified atom stereocenters. The Kier molecular flexibility index (Phi) is 6.14. The summed E-state index contributed by atoms with van der Waals surface area (Å²) >= 11 is 0. The van der Waals surface area contributed by atoms with Crippen LogP contribution in [-0.4, -0.2) is 70.2 Å². The fourth-order valence-electron chi connectivity index (χ4n) is 2.90. The third-order valence-corrected chi connectivity index (χ3v) is 3.49. The van der Waals surface area contributed by atoms with Crippen LogP contribution in [0.1, 0.15) is 19.4 Å². The molecule has 1 saturated heterocycles. The SMILES string of the molecule is CC(O)CN1CN(Cc2ccccc2)CN(CC(C)O)C1. The van der Waals surface area contributed by atoms with Crippen LogP contribution in [0.25, 0.3) is 0 Å². The zero-order chi connectivity index (χ0) is 15.2. The highest BCUT2D eigenvalue weighted by atomic mass is 16.3. The number of nitrogens with zero attached hydrogens (tertiary/aromatic N) is 3. The average Bonchev–Trinajstić information content (AvgIpc) is 2.37. The molecule has 2 N–H and O–H groups in total. The first-order valence-corrected chi connectivity index (χ1v) is 7.60. The molecule has 5 heteroatoms. The van der Waals surface area contributed by atoms with Gasteiger partial charge in [0.05, 0.1) is 32.2 Å². The van der Waals surface area contributed by atoms with Crippen LogP contribution in [0.2, 0.25) is 0 Å². The number of rotatable bonds is 6. The molecule has 0 amide bonds. The highest BCUT2D eigenvalue weighted by Gasteiger charge is 2.24. The van der Waals surface area contributed by atoms with Crippen molar-refractivity contribution < 1.29 is 10.2 Å². The van der Waals surface area contributed by atoms with Crippen LogP contribution >= 0.6 is 0 Å². The lowest BCUT2D eigenvalue weighted by Crippen LogP contribution is -2.56. The molecule has 2 atom stereocenters. The molecule has 0 aliphatic carbocycles. The lowest BCUT2D eigenvalue weighted by molar-refractivity contribution is -0.0597. The van der Waals surface area contributed by atoms with E-state index in [1.54, 1.807) is 0 Å². The molecular weight excluding hydrogens is 266 g/mol. The van der Waals surface area contributed by atoms with E-state index in [-0.39, 0.29) is 12.2 Å². The summed E-state index contributed by atoms with van der Waals surface area (Å²) in [6, 6.07) is 10.4. The van der Waals surface area contributed by atoms with Crippen LogP contribution in [0.3, 0.4) is 0 Å². The van der Waals surface area contributed by atoms with Gasteiger partial charge in [-0.3, -0.25) is 14.7 Å². The molecule has 0 bridgehead atoms. The Bertz CT molecular complexity index is 393. The monoisotopic (exact) mass is 293 g/mol. The summed E-state index contributed by atoms with van der Waals surface area (Å²) in [6.07, 6.45) is -0.676. The summed E-state index contributed by atoms with van der Waals surface area (Å²) in [6.45, 7) is 8.30. The minimum Gasteiger partial charge on any atom is -0.392 e. The first-order valence-electron chi connectivity index (χ1n) is 7.60. The van der Waals surface area contributed by atoms with Gasteiger partial charge >= 0.3 is 0 Å². The van der Waals surface area contributed by atoms with Gasteiger partial charge in [-0.2, -0.15) is 0 Å². The number of hydrogen-bond donors (Lipinski definition) is 2. The number of aliphatic hydroxyl groups is 2. The quantitative estimate of drug-likeness (QED) is 0.810. The Morgan fingerprint density at radius 3 is 1.81 bits per heavy atom. The van der Waals surface area contributed by atoms with Gasteiger partial charge in [-0.1, -0.05) is 30.3 Å². The number of β-amino-alcohol motifs (C(OH)–C–C–N with tert-alkyl or cyclic N) is 2. The Labute approximate surface area is 127 Å². The van der Waals surface area contributed by atoms with E-state index in [2.05, 4.69) is 39.0 Å². The summed E-state index contributed by atoms with van der Waals surface area (Å²) in [5, 5.41) is 19.2. The van der Waals surface area contributed by atoms with E-state index >= 15 is 0 Å². The molecule has 2 rings (SSSR count). The molecule has 1 aromatic carbocycles. The third kappa shape index (κ3) is 5.73. The van der Waals surface area contributed by atoms with Crippen molar-refractivity contribution in [2.75, 3.05) is 33.1 Å². The van der Waals surface area contributed by atoms with Gasteiger partial charge in [0, 0.05) is 19.6 Å². The summed E-state index contributed by atoms with van der Waals surface area (Å²) in [5.74, 6) is 0. The van der Waals surface area contributed by atoms with E-state index < -0.39 is 0 Å². The second kappa shape index (κ2) is 7.87. The molecule has 1 aliphatic heterocycles. The molecule has 0 spiro atoms. The van der Waals surface area contributed by atoms with Crippen LogP contribution in [0, 0.1) is 0 Å². The third-order valence-electron chi connectivity index (χ3n) is 3.49. The second-order valence-corrected chi connectivity index (χ2v) is 6.14. The predicted octanol–water partition coefficient (Wildman–Crippen LogP) is 0.740. The van der Waals surface area contributed by atoms with E-state index in [9.17, 15) is 10.2 Å². The van der Waals surface area contributed by atoms with Gasteiger partial charge in [0.1, 0.15) is 0 Å². The van der Waals surface area contributed by atoms with Crippen LogP contribution in [0.5, 0.6) is 0 Å². The van der Waals surface area contributed by atoms with Crippen molar-refractivity contribution in [3.8, 4) is 0 Å². The van der Waals surface area contributed by atoms with E-state index in [4.69, 9.17) is 0 Å². The minimum atomic E-state index is -0.338. The maximum absolute atomic E-state index is 9.62. The standard InChI is InChI=1S/C16H27N3O2/c1-14(20)8-17-11-18(9-15(2)21)13-19(12-17)10-16-6-4-3-5-7-16/h3-7,14-15,20-21H,8-13H2,1-2H3. The Morgan fingerprint density at radius 2 is 1.33 bits per heavy atom. The lowest BCUT2D eigenvalue weighted by atomic mass is 10.2. The van der Waals surface area contributed by atoms with Crippen molar-refractivity contribution in [2.24, 2.45) is 0 Å². The molecule has 1 heterocycles. The number of aliphatic hydroxyl groups excluding tert-OH is 2. The van der Waals surface area contributed by atoms with Crippen molar-refractivity contribution in [3.63, 3.8) is 0 Å². The van der Waals surface area contributed by atoms with Gasteiger partial charge in [0.2, 0.25) is 0 Å². The smallest absolute Gasteiger partial charge is 0.0640 e. The zero-order valence-corrected chi connectivity index (χ0v) is 13.0. The van der Waals surface area contributed by atoms with Gasteiger partial charge in [-0.25, -0.2) is 0 Å². The molecular formula is C16H27N3O2. The van der Waals surface area contributed by atoms with Crippen LogP contribution in [0.15, 0.2) is 30.3 Å². The summed E-state index contributed by atoms with van der Waals surface area (Å²) in [4.78, 5) is 6.78. The van der Waals surface area contributed by atoms with Gasteiger partial charge < -0.3 is 10.2 Å². The Hall–Kier alpha value is -0.980. The number of hydrogen-bond acceptors (Lipinski definition) is 5. The summed E-state index contributed by atoms with van der Waals surface area (Å²) in [5.41, 5.74) is 1.29. The van der Waals surface area contributed by atoms with E-state index in [1.807, 2.05) is 19.9 Å². The van der Waals surface area contributed by atoms with Crippen molar-refractivity contribution in [1.29, 1.82) is 0 Å². The average molecular weight is 293 g/mol. The highest BCUT2D eigenvalue weighted by Crippen LogP contribution is 2.12. The van der Waals surface area contributed by atoms with Gasteiger partial charge in [0.25, 0.3) is 0 Å². The van der Waals surface area contributed by atoms with E-state index in [1.165, 1.54) is 5.56 Å². The zero-order valence-electron chi connectivity index (χ0n) is 13.0. The molecule has 0 saturated carbocycles. The van der Waals surface area contributed by atoms with Gasteiger partial charge in [0.15, 0.2) is 0 Å². The largest absolute Gasteiger partial charge is 0.392 e. The van der Waals surface area contributed by atoms with E-state index in [0.29, 0.717) is 13.1 Å². The predicted molar refractivity (Wildman–Crippen MR) is 83.4 cm³/mol. The summed E-state index contributed by atoms with van der Waals surface area (Å²) in [7, 11) is 0. The molecule has 1 fully saturated rings. The lowest BCUT2D eigenvalue weighted by Gasteiger charge is -2.43. The van der Waals surface area contributed by atoms with Crippen molar-refractivity contribution >= 4 is 0 Å². The maximum Gasteiger partial charge on any atom is 0.0640 e. The Balaban J connectivity index is 1.98. The molecule has 1 aliphatic rings. The van der Waals surface area contributed by atoms with Crippen molar-refractivity contribution in [1.82, 2.24) is 14.7 Å². The number of benzene rings is 1. The minimum absolute atomic E-state index is 0.338. The van der Waals surface area contributed by atoms with Crippen molar-refractivity contribution in [2.45, 2.75) is 32.6 Å². The van der Waals surface area contributed by atoms with Crippen LogP contribution in [0.4, 0.5) is 0 Å². The molecule has 21 heavy (non-hydrogen) atoms.